The van der Waals surface area contributed by atoms with E-state index >= 15 is 0 Å². The molecule has 0 aliphatic heterocycles. The van der Waals surface area contributed by atoms with Crippen LogP contribution in [0, 0.1) is 6.92 Å². The Labute approximate surface area is 199 Å². The quantitative estimate of drug-likeness (QED) is 0.284. The Kier molecular flexibility index (Phi) is 6.90. The number of carbonyl (C=O) groups is 1. The van der Waals surface area contributed by atoms with Gasteiger partial charge in [-0.2, -0.15) is 0 Å². The summed E-state index contributed by atoms with van der Waals surface area (Å²) in [7, 11) is 1.58. The van der Waals surface area contributed by atoms with Crippen LogP contribution in [0.5, 0.6) is 5.75 Å². The molecule has 0 aliphatic rings. The van der Waals surface area contributed by atoms with Crippen molar-refractivity contribution >= 4 is 39.2 Å². The van der Waals surface area contributed by atoms with Crippen LogP contribution in [0.25, 0.3) is 15.9 Å². The minimum absolute atomic E-state index is 0.109. The lowest BCUT2D eigenvalue weighted by Gasteiger charge is -2.14. The molecule has 4 rings (SSSR count). The maximum atomic E-state index is 13.6. The van der Waals surface area contributed by atoms with Crippen LogP contribution in [0.15, 0.2) is 57.0 Å². The summed E-state index contributed by atoms with van der Waals surface area (Å²) in [6, 6.07) is 10.6. The Hall–Kier alpha value is -3.04. The Morgan fingerprint density at radius 3 is 2.85 bits per heavy atom. The summed E-state index contributed by atoms with van der Waals surface area (Å²) in [5, 5.41) is 4.01. The lowest BCUT2D eigenvalue weighted by molar-refractivity contribution is -0.119. The molecule has 1 unspecified atom stereocenters. The second-order valence-corrected chi connectivity index (χ2v) is 9.54. The Bertz CT molecular complexity index is 1340. The molecule has 0 radical (unpaired) electrons. The van der Waals surface area contributed by atoms with Crippen LogP contribution >= 0.6 is 23.1 Å². The number of nitrogens with zero attached hydrogens (tertiary/aromatic N) is 2. The molecule has 1 aromatic carbocycles. The summed E-state index contributed by atoms with van der Waals surface area (Å²) in [5.74, 6) is 1.25. The topological polar surface area (TPSA) is 86.4 Å². The molecular formula is C24H25N3O4S2. The molecule has 3 aromatic heterocycles. The van der Waals surface area contributed by atoms with Gasteiger partial charge in [-0.3, -0.25) is 14.2 Å². The molecule has 1 amide bonds. The van der Waals surface area contributed by atoms with E-state index in [2.05, 4.69) is 12.2 Å². The zero-order chi connectivity index (χ0) is 23.5. The van der Waals surface area contributed by atoms with Crippen LogP contribution < -0.4 is 15.6 Å². The van der Waals surface area contributed by atoms with Gasteiger partial charge in [0.2, 0.25) is 5.91 Å². The average Bonchev–Trinajstić information content (AvgIpc) is 3.46. The second kappa shape index (κ2) is 9.84. The van der Waals surface area contributed by atoms with Crippen LogP contribution in [0.3, 0.4) is 0 Å². The van der Waals surface area contributed by atoms with Gasteiger partial charge < -0.3 is 14.5 Å². The lowest BCUT2D eigenvalue weighted by atomic mass is 10.2. The molecule has 0 fully saturated rings. The Morgan fingerprint density at radius 2 is 2.15 bits per heavy atom. The molecule has 0 bridgehead atoms. The van der Waals surface area contributed by atoms with Gasteiger partial charge in [-0.1, -0.05) is 24.8 Å². The summed E-state index contributed by atoms with van der Waals surface area (Å²) in [5.41, 5.74) is 1.46. The number of aromatic nitrogens is 2. The number of rotatable bonds is 8. The number of methoxy groups -OCH3 is 1. The molecule has 7 nitrogen and oxygen atoms in total. The van der Waals surface area contributed by atoms with E-state index < -0.39 is 0 Å². The SMILES string of the molecule is CCc1sc2nc(SCC(=O)NC(C)c3ccco3)n(-c3cccc(OC)c3)c(=O)c2c1C. The van der Waals surface area contributed by atoms with Crippen molar-refractivity contribution in [1.82, 2.24) is 14.9 Å². The predicted molar refractivity (Wildman–Crippen MR) is 132 cm³/mol. The smallest absolute Gasteiger partial charge is 0.267 e. The van der Waals surface area contributed by atoms with E-state index in [4.69, 9.17) is 14.1 Å². The number of hydrogen-bond donors (Lipinski definition) is 1. The molecule has 0 saturated carbocycles. The van der Waals surface area contributed by atoms with Crippen molar-refractivity contribution in [2.24, 2.45) is 0 Å². The van der Waals surface area contributed by atoms with Gasteiger partial charge in [-0.05, 0) is 50.1 Å². The highest BCUT2D eigenvalue weighted by atomic mass is 32.2. The first-order chi connectivity index (χ1) is 15.9. The molecule has 0 spiro atoms. The van der Waals surface area contributed by atoms with Gasteiger partial charge in [-0.15, -0.1) is 11.3 Å². The third-order valence-corrected chi connectivity index (χ3v) is 7.61. The number of thioether (sulfide) groups is 1. The molecular weight excluding hydrogens is 458 g/mol. The first-order valence-corrected chi connectivity index (χ1v) is 12.4. The molecule has 1 N–H and O–H groups in total. The number of nitrogens with one attached hydrogen (secondary N) is 1. The van der Waals surface area contributed by atoms with Crippen LogP contribution in [0.1, 0.15) is 36.1 Å². The molecule has 172 valence electrons. The molecule has 33 heavy (non-hydrogen) atoms. The average molecular weight is 484 g/mol. The summed E-state index contributed by atoms with van der Waals surface area (Å²) in [6.45, 7) is 5.89. The Morgan fingerprint density at radius 1 is 1.33 bits per heavy atom. The first-order valence-electron chi connectivity index (χ1n) is 10.6. The van der Waals surface area contributed by atoms with E-state index in [0.29, 0.717) is 32.6 Å². The fourth-order valence-electron chi connectivity index (χ4n) is 3.64. The Balaban J connectivity index is 1.71. The lowest BCUT2D eigenvalue weighted by Crippen LogP contribution is -2.28. The maximum absolute atomic E-state index is 13.6. The van der Waals surface area contributed by atoms with Crippen molar-refractivity contribution in [1.29, 1.82) is 0 Å². The number of fused-ring (bicyclic) bond motifs is 1. The molecule has 9 heteroatoms. The molecule has 0 aliphatic carbocycles. The number of ether oxygens (including phenoxy) is 1. The van der Waals surface area contributed by atoms with Gasteiger partial charge in [0.25, 0.3) is 5.56 Å². The molecule has 4 aromatic rings. The van der Waals surface area contributed by atoms with Crippen molar-refractivity contribution < 1.29 is 13.9 Å². The number of thiophene rings is 1. The van der Waals surface area contributed by atoms with E-state index in [0.717, 1.165) is 16.9 Å². The van der Waals surface area contributed by atoms with Crippen molar-refractivity contribution in [3.05, 3.63) is 69.2 Å². The van der Waals surface area contributed by atoms with Crippen LogP contribution in [0.2, 0.25) is 0 Å². The van der Waals surface area contributed by atoms with Crippen molar-refractivity contribution in [2.75, 3.05) is 12.9 Å². The van der Waals surface area contributed by atoms with Crippen LogP contribution in [-0.2, 0) is 11.2 Å². The fourth-order valence-corrected chi connectivity index (χ4v) is 5.63. The maximum Gasteiger partial charge on any atom is 0.267 e. The highest BCUT2D eigenvalue weighted by molar-refractivity contribution is 7.99. The summed E-state index contributed by atoms with van der Waals surface area (Å²) in [4.78, 5) is 32.9. The minimum atomic E-state index is -0.254. The zero-order valence-corrected chi connectivity index (χ0v) is 20.5. The molecule has 0 saturated heterocycles. The van der Waals surface area contributed by atoms with Crippen molar-refractivity contribution in [3.63, 3.8) is 0 Å². The van der Waals surface area contributed by atoms with E-state index in [1.165, 1.54) is 23.1 Å². The first kappa shape index (κ1) is 23.1. The van der Waals surface area contributed by atoms with Crippen LogP contribution in [0.4, 0.5) is 0 Å². The molecule has 1 atom stereocenters. The standard InChI is InChI=1S/C24H25N3O4S2/c1-5-19-14(2)21-22(33-19)26-24(27(23(21)29)16-8-6-9-17(12-16)30-4)32-13-20(28)25-15(3)18-10-7-11-31-18/h6-12,15H,5,13H2,1-4H3,(H,25,28). The zero-order valence-electron chi connectivity index (χ0n) is 18.9. The third kappa shape index (κ3) is 4.69. The van der Waals surface area contributed by atoms with Gasteiger partial charge in [-0.25, -0.2) is 4.98 Å². The summed E-state index contributed by atoms with van der Waals surface area (Å²) < 4.78 is 12.3. The monoisotopic (exact) mass is 483 g/mol. The van der Waals surface area contributed by atoms with Gasteiger partial charge in [0.15, 0.2) is 5.16 Å². The largest absolute Gasteiger partial charge is 0.497 e. The summed E-state index contributed by atoms with van der Waals surface area (Å²) >= 11 is 2.76. The van der Waals surface area contributed by atoms with Gasteiger partial charge in [0.05, 0.1) is 36.2 Å². The highest BCUT2D eigenvalue weighted by Gasteiger charge is 2.20. The summed E-state index contributed by atoms with van der Waals surface area (Å²) in [6.07, 6.45) is 2.41. The van der Waals surface area contributed by atoms with Gasteiger partial charge in [0.1, 0.15) is 16.3 Å². The number of furan rings is 1. The van der Waals surface area contributed by atoms with E-state index in [1.54, 1.807) is 30.1 Å². The van der Waals surface area contributed by atoms with E-state index in [9.17, 15) is 9.59 Å². The van der Waals surface area contributed by atoms with E-state index in [1.807, 2.05) is 38.1 Å². The van der Waals surface area contributed by atoms with Gasteiger partial charge >= 0.3 is 0 Å². The normalized spacial score (nSPS) is 12.1. The number of amides is 1. The third-order valence-electron chi connectivity index (χ3n) is 5.34. The van der Waals surface area contributed by atoms with Crippen molar-refractivity contribution in [2.45, 2.75) is 38.4 Å². The van der Waals surface area contributed by atoms with Crippen molar-refractivity contribution in [3.8, 4) is 11.4 Å². The van der Waals surface area contributed by atoms with E-state index in [-0.39, 0.29) is 23.3 Å². The van der Waals surface area contributed by atoms with Crippen LogP contribution in [-0.4, -0.2) is 28.3 Å². The number of benzene rings is 1. The predicted octanol–water partition coefficient (Wildman–Crippen LogP) is 4.89. The number of aryl methyl sites for hydroxylation is 2. The second-order valence-electron chi connectivity index (χ2n) is 7.51. The molecule has 3 heterocycles. The number of carbonyl (C=O) groups excluding carboxylic acids is 1. The fraction of sp³-hybridized carbons (Fsp3) is 0.292. The van der Waals surface area contributed by atoms with Gasteiger partial charge in [0, 0.05) is 10.9 Å². The number of hydrogen-bond acceptors (Lipinski definition) is 7. The highest BCUT2D eigenvalue weighted by Crippen LogP contribution is 2.31. The minimum Gasteiger partial charge on any atom is -0.497 e.